The molecule has 0 aromatic carbocycles. The second kappa shape index (κ2) is 16.2. The number of hydrogen-bond donors (Lipinski definition) is 0. The van der Waals surface area contributed by atoms with Gasteiger partial charge in [0.1, 0.15) is 0 Å². The molecule has 0 saturated heterocycles. The Morgan fingerprint density at radius 2 is 1.17 bits per heavy atom. The minimum absolute atomic E-state index is 0.406. The second-order valence-corrected chi connectivity index (χ2v) is 7.78. The molecule has 0 aromatic heterocycles. The van der Waals surface area contributed by atoms with Crippen LogP contribution in [0.2, 0.25) is 0 Å². The molecule has 1 nitrogen and oxygen atoms in total. The van der Waals surface area contributed by atoms with Crippen LogP contribution in [0.3, 0.4) is 0 Å². The molecule has 1 aliphatic heterocycles. The Bertz CT molecular complexity index is 284. The maximum absolute atomic E-state index is 6.29. The Morgan fingerprint density at radius 1 is 0.667 bits per heavy atom. The zero-order chi connectivity index (χ0) is 17.3. The maximum atomic E-state index is 6.29. The number of ether oxygens (including phenoxy) is 1. The molecule has 24 heavy (non-hydrogen) atoms. The zero-order valence-corrected chi connectivity index (χ0v) is 16.7. The average molecular weight is 337 g/mol. The standard InChI is InChI=1S/C23H44O/c1-3-5-7-9-11-13-15-18-22-20-17-21-23(24-22)19-16-14-12-10-8-6-4-2/h17,20,22-23H,3-16,18-19,21H2,1-2H3/t22-,23+/m1/s1. The molecule has 1 heteroatoms. The summed E-state index contributed by atoms with van der Waals surface area (Å²) in [5, 5.41) is 0. The highest BCUT2D eigenvalue weighted by molar-refractivity contribution is 4.96. The van der Waals surface area contributed by atoms with E-state index in [0.717, 1.165) is 6.42 Å². The van der Waals surface area contributed by atoms with Crippen LogP contribution in [0, 0.1) is 0 Å². The molecule has 0 saturated carbocycles. The Kier molecular flexibility index (Phi) is 14.7. The molecule has 0 unspecified atom stereocenters. The highest BCUT2D eigenvalue weighted by atomic mass is 16.5. The van der Waals surface area contributed by atoms with E-state index in [0.29, 0.717) is 12.2 Å². The summed E-state index contributed by atoms with van der Waals surface area (Å²) in [6.07, 6.45) is 28.8. The van der Waals surface area contributed by atoms with Gasteiger partial charge in [-0.05, 0) is 19.3 Å². The smallest absolute Gasteiger partial charge is 0.0759 e. The highest BCUT2D eigenvalue weighted by Crippen LogP contribution is 2.22. The van der Waals surface area contributed by atoms with Gasteiger partial charge in [0.15, 0.2) is 0 Å². The summed E-state index contributed by atoms with van der Waals surface area (Å²) in [6, 6.07) is 0. The van der Waals surface area contributed by atoms with Crippen molar-refractivity contribution in [1.29, 1.82) is 0 Å². The van der Waals surface area contributed by atoms with Crippen LogP contribution in [0.15, 0.2) is 12.2 Å². The van der Waals surface area contributed by atoms with Crippen molar-refractivity contribution in [3.05, 3.63) is 12.2 Å². The van der Waals surface area contributed by atoms with Gasteiger partial charge < -0.3 is 4.74 Å². The molecule has 0 aliphatic carbocycles. The number of unbranched alkanes of at least 4 members (excludes halogenated alkanes) is 12. The molecule has 0 aromatic rings. The van der Waals surface area contributed by atoms with Gasteiger partial charge in [0.2, 0.25) is 0 Å². The van der Waals surface area contributed by atoms with Gasteiger partial charge in [-0.15, -0.1) is 0 Å². The first-order valence-electron chi connectivity index (χ1n) is 11.2. The van der Waals surface area contributed by atoms with Crippen molar-refractivity contribution < 1.29 is 4.74 Å². The van der Waals surface area contributed by atoms with Crippen LogP contribution in [0.1, 0.15) is 123 Å². The predicted molar refractivity (Wildman–Crippen MR) is 108 cm³/mol. The van der Waals surface area contributed by atoms with E-state index in [9.17, 15) is 0 Å². The van der Waals surface area contributed by atoms with Crippen LogP contribution >= 0.6 is 0 Å². The fourth-order valence-corrected chi connectivity index (χ4v) is 3.71. The van der Waals surface area contributed by atoms with Gasteiger partial charge in [-0.25, -0.2) is 0 Å². The second-order valence-electron chi connectivity index (χ2n) is 7.78. The third-order valence-corrected chi connectivity index (χ3v) is 5.34. The summed E-state index contributed by atoms with van der Waals surface area (Å²) in [7, 11) is 0. The van der Waals surface area contributed by atoms with E-state index in [2.05, 4.69) is 26.0 Å². The van der Waals surface area contributed by atoms with Crippen molar-refractivity contribution in [3.63, 3.8) is 0 Å². The Hall–Kier alpha value is -0.300. The van der Waals surface area contributed by atoms with Crippen LogP contribution in [0.25, 0.3) is 0 Å². The van der Waals surface area contributed by atoms with Crippen molar-refractivity contribution in [1.82, 2.24) is 0 Å². The van der Waals surface area contributed by atoms with Crippen molar-refractivity contribution in [2.45, 2.75) is 135 Å². The summed E-state index contributed by atoms with van der Waals surface area (Å²) in [4.78, 5) is 0. The lowest BCUT2D eigenvalue weighted by Gasteiger charge is -2.26. The number of rotatable bonds is 16. The van der Waals surface area contributed by atoms with Gasteiger partial charge in [0, 0.05) is 0 Å². The summed E-state index contributed by atoms with van der Waals surface area (Å²) < 4.78 is 6.29. The van der Waals surface area contributed by atoms with Gasteiger partial charge >= 0.3 is 0 Å². The summed E-state index contributed by atoms with van der Waals surface area (Å²) in [5.41, 5.74) is 0. The lowest BCUT2D eigenvalue weighted by molar-refractivity contribution is -0.00434. The normalized spacial score (nSPS) is 20.6. The molecule has 0 bridgehead atoms. The summed E-state index contributed by atoms with van der Waals surface area (Å²) in [6.45, 7) is 4.58. The average Bonchev–Trinajstić information content (AvgIpc) is 2.60. The van der Waals surface area contributed by atoms with Gasteiger partial charge in [0.05, 0.1) is 12.2 Å². The Morgan fingerprint density at radius 3 is 1.75 bits per heavy atom. The third-order valence-electron chi connectivity index (χ3n) is 5.34. The zero-order valence-electron chi connectivity index (χ0n) is 16.7. The van der Waals surface area contributed by atoms with Crippen molar-refractivity contribution in [2.24, 2.45) is 0 Å². The molecule has 0 radical (unpaired) electrons. The minimum atomic E-state index is 0.406. The maximum Gasteiger partial charge on any atom is 0.0759 e. The molecule has 2 atom stereocenters. The molecule has 142 valence electrons. The SMILES string of the molecule is CCCCCCCCC[C@H]1CC=C[C@@H](CCCCCCCCC)O1. The Balaban J connectivity index is 1.95. The monoisotopic (exact) mass is 336 g/mol. The predicted octanol–water partition coefficient (Wildman–Crippen LogP) is 7.98. The van der Waals surface area contributed by atoms with Crippen LogP contribution in [0.4, 0.5) is 0 Å². The van der Waals surface area contributed by atoms with Crippen molar-refractivity contribution >= 4 is 0 Å². The van der Waals surface area contributed by atoms with E-state index >= 15 is 0 Å². The first-order chi connectivity index (χ1) is 11.9. The fourth-order valence-electron chi connectivity index (χ4n) is 3.71. The van der Waals surface area contributed by atoms with E-state index in [1.165, 1.54) is 103 Å². The number of hydrogen-bond acceptors (Lipinski definition) is 1. The molecular weight excluding hydrogens is 292 g/mol. The molecule has 0 fully saturated rings. The van der Waals surface area contributed by atoms with E-state index < -0.39 is 0 Å². The lowest BCUT2D eigenvalue weighted by Crippen LogP contribution is -2.24. The topological polar surface area (TPSA) is 9.23 Å². The summed E-state index contributed by atoms with van der Waals surface area (Å²) >= 11 is 0. The Labute approximate surface area is 152 Å². The highest BCUT2D eigenvalue weighted by Gasteiger charge is 2.17. The van der Waals surface area contributed by atoms with Crippen LogP contribution in [-0.4, -0.2) is 12.2 Å². The van der Waals surface area contributed by atoms with E-state index in [1.54, 1.807) is 0 Å². The molecule has 0 N–H and O–H groups in total. The van der Waals surface area contributed by atoms with E-state index in [4.69, 9.17) is 4.74 Å². The first kappa shape index (κ1) is 21.7. The molecule has 1 rings (SSSR count). The van der Waals surface area contributed by atoms with Gasteiger partial charge in [-0.3, -0.25) is 0 Å². The minimum Gasteiger partial charge on any atom is -0.371 e. The van der Waals surface area contributed by atoms with Crippen molar-refractivity contribution in [2.75, 3.05) is 0 Å². The largest absolute Gasteiger partial charge is 0.371 e. The molecule has 1 heterocycles. The van der Waals surface area contributed by atoms with E-state index in [-0.39, 0.29) is 0 Å². The van der Waals surface area contributed by atoms with E-state index in [1.807, 2.05) is 0 Å². The fraction of sp³-hybridized carbons (Fsp3) is 0.913. The van der Waals surface area contributed by atoms with Gasteiger partial charge in [-0.1, -0.05) is 116 Å². The molecule has 0 spiro atoms. The molecular formula is C23H44O. The van der Waals surface area contributed by atoms with Crippen molar-refractivity contribution in [3.8, 4) is 0 Å². The van der Waals surface area contributed by atoms with Crippen LogP contribution < -0.4 is 0 Å². The third kappa shape index (κ3) is 12.1. The summed E-state index contributed by atoms with van der Waals surface area (Å²) in [5.74, 6) is 0. The van der Waals surface area contributed by atoms with Gasteiger partial charge in [-0.2, -0.15) is 0 Å². The van der Waals surface area contributed by atoms with Crippen LogP contribution in [-0.2, 0) is 4.74 Å². The van der Waals surface area contributed by atoms with Gasteiger partial charge in [0.25, 0.3) is 0 Å². The van der Waals surface area contributed by atoms with Crippen LogP contribution in [0.5, 0.6) is 0 Å². The quantitative estimate of drug-likeness (QED) is 0.205. The molecule has 1 aliphatic rings. The molecule has 0 amide bonds. The lowest BCUT2D eigenvalue weighted by atomic mass is 10.0. The first-order valence-corrected chi connectivity index (χ1v) is 11.2.